The Balaban J connectivity index is 1.86. The van der Waals surface area contributed by atoms with Crippen LogP contribution in [0.15, 0.2) is 65.8 Å². The third-order valence-corrected chi connectivity index (χ3v) is 4.12. The summed E-state index contributed by atoms with van der Waals surface area (Å²) in [5, 5.41) is 6.49. The maximum Gasteiger partial charge on any atom is 0.271 e. The van der Waals surface area contributed by atoms with Crippen molar-refractivity contribution in [3.05, 3.63) is 71.8 Å². The van der Waals surface area contributed by atoms with Gasteiger partial charge in [-0.2, -0.15) is 5.10 Å². The predicted octanol–water partition coefficient (Wildman–Crippen LogP) is 4.01. The first-order chi connectivity index (χ1) is 12.6. The van der Waals surface area contributed by atoms with E-state index in [9.17, 15) is 4.79 Å². The van der Waals surface area contributed by atoms with Gasteiger partial charge in [0.25, 0.3) is 5.91 Å². The van der Waals surface area contributed by atoms with Crippen LogP contribution in [0.2, 0.25) is 0 Å². The number of amides is 1. The molecule has 0 aliphatic carbocycles. The van der Waals surface area contributed by atoms with Crippen molar-refractivity contribution in [2.45, 2.75) is 6.92 Å². The molecule has 0 aliphatic rings. The molecule has 5 heteroatoms. The van der Waals surface area contributed by atoms with E-state index in [1.165, 1.54) is 0 Å². The Labute approximate surface area is 152 Å². The van der Waals surface area contributed by atoms with Crippen molar-refractivity contribution < 1.29 is 14.3 Å². The van der Waals surface area contributed by atoms with Crippen molar-refractivity contribution in [2.75, 3.05) is 14.2 Å². The van der Waals surface area contributed by atoms with Crippen LogP contribution in [-0.2, 0) is 0 Å². The van der Waals surface area contributed by atoms with Gasteiger partial charge in [0.1, 0.15) is 11.5 Å². The number of hydrazone groups is 1. The monoisotopic (exact) mass is 348 g/mol. The Kier molecular flexibility index (Phi) is 5.17. The molecule has 0 bridgehead atoms. The highest BCUT2D eigenvalue weighted by Crippen LogP contribution is 2.22. The Hall–Kier alpha value is -3.34. The lowest BCUT2D eigenvalue weighted by Crippen LogP contribution is -2.19. The summed E-state index contributed by atoms with van der Waals surface area (Å²) >= 11 is 0. The number of fused-ring (bicyclic) bond motifs is 1. The summed E-state index contributed by atoms with van der Waals surface area (Å²) in [5.41, 5.74) is 4.72. The summed E-state index contributed by atoms with van der Waals surface area (Å²) in [6, 6.07) is 19.1. The van der Waals surface area contributed by atoms with E-state index in [2.05, 4.69) is 10.5 Å². The van der Waals surface area contributed by atoms with Gasteiger partial charge >= 0.3 is 0 Å². The molecule has 1 amide bonds. The number of nitrogens with one attached hydrogen (secondary N) is 1. The van der Waals surface area contributed by atoms with Gasteiger partial charge in [0.2, 0.25) is 0 Å². The van der Waals surface area contributed by atoms with Crippen LogP contribution in [0.5, 0.6) is 11.5 Å². The number of methoxy groups -OCH3 is 2. The topological polar surface area (TPSA) is 59.9 Å². The fourth-order valence-corrected chi connectivity index (χ4v) is 2.74. The molecule has 0 saturated heterocycles. The minimum absolute atomic E-state index is 0.332. The molecule has 3 rings (SSSR count). The molecule has 0 saturated carbocycles. The Morgan fingerprint density at radius 1 is 0.923 bits per heavy atom. The van der Waals surface area contributed by atoms with Crippen molar-refractivity contribution in [3.8, 4) is 11.5 Å². The third kappa shape index (κ3) is 3.67. The van der Waals surface area contributed by atoms with Crippen LogP contribution in [-0.4, -0.2) is 25.8 Å². The van der Waals surface area contributed by atoms with E-state index in [4.69, 9.17) is 9.47 Å². The van der Waals surface area contributed by atoms with Crippen LogP contribution in [0.25, 0.3) is 10.8 Å². The van der Waals surface area contributed by atoms with Crippen LogP contribution in [0.3, 0.4) is 0 Å². The first-order valence-electron chi connectivity index (χ1n) is 8.18. The molecule has 0 unspecified atom stereocenters. The lowest BCUT2D eigenvalue weighted by atomic mass is 10.0. The minimum atomic E-state index is -0.332. The molecule has 0 heterocycles. The fourth-order valence-electron chi connectivity index (χ4n) is 2.74. The Morgan fingerprint density at radius 3 is 2.27 bits per heavy atom. The average Bonchev–Trinajstić information content (AvgIpc) is 2.70. The van der Waals surface area contributed by atoms with Gasteiger partial charge in [0, 0.05) is 17.2 Å². The van der Waals surface area contributed by atoms with Gasteiger partial charge in [-0.3, -0.25) is 4.79 Å². The highest BCUT2D eigenvalue weighted by Gasteiger charge is 2.10. The van der Waals surface area contributed by atoms with Crippen molar-refractivity contribution in [1.82, 2.24) is 5.43 Å². The minimum Gasteiger partial charge on any atom is -0.497 e. The zero-order valence-corrected chi connectivity index (χ0v) is 14.9. The normalized spacial score (nSPS) is 11.3. The molecular formula is C21H20N2O3. The molecule has 0 spiro atoms. The van der Waals surface area contributed by atoms with Crippen LogP contribution in [0, 0.1) is 0 Å². The van der Waals surface area contributed by atoms with E-state index in [-0.39, 0.29) is 5.91 Å². The zero-order valence-electron chi connectivity index (χ0n) is 14.9. The van der Waals surface area contributed by atoms with Gasteiger partial charge in [0.05, 0.1) is 19.9 Å². The number of benzene rings is 3. The van der Waals surface area contributed by atoms with E-state index >= 15 is 0 Å². The number of carbonyl (C=O) groups is 1. The van der Waals surface area contributed by atoms with Crippen LogP contribution >= 0.6 is 0 Å². The maximum atomic E-state index is 12.5. The van der Waals surface area contributed by atoms with Gasteiger partial charge in [0.15, 0.2) is 0 Å². The van der Waals surface area contributed by atoms with E-state index in [1.54, 1.807) is 32.4 Å². The molecule has 132 valence electrons. The van der Waals surface area contributed by atoms with Crippen LogP contribution < -0.4 is 14.9 Å². The van der Waals surface area contributed by atoms with Gasteiger partial charge in [-0.1, -0.05) is 42.5 Å². The predicted molar refractivity (Wildman–Crippen MR) is 103 cm³/mol. The SMILES string of the molecule is COc1cc(OC)cc(C(=O)N/N=C(/C)c2cccc3ccccc23)c1. The highest BCUT2D eigenvalue weighted by molar-refractivity contribution is 6.10. The molecule has 0 fully saturated rings. The van der Waals surface area contributed by atoms with E-state index < -0.39 is 0 Å². The van der Waals surface area contributed by atoms with Crippen molar-refractivity contribution in [3.63, 3.8) is 0 Å². The number of hydrogen-bond donors (Lipinski definition) is 1. The van der Waals surface area contributed by atoms with Gasteiger partial charge in [-0.15, -0.1) is 0 Å². The lowest BCUT2D eigenvalue weighted by molar-refractivity contribution is 0.0954. The van der Waals surface area contributed by atoms with Gasteiger partial charge in [-0.05, 0) is 29.8 Å². The van der Waals surface area contributed by atoms with Crippen molar-refractivity contribution in [1.29, 1.82) is 0 Å². The first-order valence-corrected chi connectivity index (χ1v) is 8.18. The maximum absolute atomic E-state index is 12.5. The van der Waals surface area contributed by atoms with Gasteiger partial charge < -0.3 is 9.47 Å². The molecule has 3 aromatic carbocycles. The summed E-state index contributed by atoms with van der Waals surface area (Å²) in [5.74, 6) is 0.760. The smallest absolute Gasteiger partial charge is 0.271 e. The zero-order chi connectivity index (χ0) is 18.5. The highest BCUT2D eigenvalue weighted by atomic mass is 16.5. The standard InChI is InChI=1S/C21H20N2O3/c1-14(19-10-6-8-15-7-4-5-9-20(15)19)22-23-21(24)16-11-17(25-2)13-18(12-16)26-3/h4-13H,1-3H3,(H,23,24)/b22-14-. The third-order valence-electron chi connectivity index (χ3n) is 4.12. The summed E-state index contributed by atoms with van der Waals surface area (Å²) in [7, 11) is 3.08. The van der Waals surface area contributed by atoms with E-state index in [0.29, 0.717) is 17.1 Å². The summed E-state index contributed by atoms with van der Waals surface area (Å²) in [4.78, 5) is 12.5. The largest absolute Gasteiger partial charge is 0.497 e. The summed E-state index contributed by atoms with van der Waals surface area (Å²) in [6.45, 7) is 1.87. The summed E-state index contributed by atoms with van der Waals surface area (Å²) < 4.78 is 10.4. The molecule has 0 aliphatic heterocycles. The molecule has 26 heavy (non-hydrogen) atoms. The van der Waals surface area contributed by atoms with Crippen LogP contribution in [0.4, 0.5) is 0 Å². The molecule has 0 atom stereocenters. The molecular weight excluding hydrogens is 328 g/mol. The van der Waals surface area contributed by atoms with E-state index in [0.717, 1.165) is 22.0 Å². The Bertz CT molecular complexity index is 952. The van der Waals surface area contributed by atoms with Crippen LogP contribution in [0.1, 0.15) is 22.8 Å². The first kappa shape index (κ1) is 17.5. The summed E-state index contributed by atoms with van der Waals surface area (Å²) in [6.07, 6.45) is 0. The molecule has 5 nitrogen and oxygen atoms in total. The lowest BCUT2D eigenvalue weighted by Gasteiger charge is -2.09. The van der Waals surface area contributed by atoms with Crippen molar-refractivity contribution in [2.24, 2.45) is 5.10 Å². The number of carbonyl (C=O) groups excluding carboxylic acids is 1. The number of hydrogen-bond acceptors (Lipinski definition) is 4. The van der Waals surface area contributed by atoms with Crippen molar-refractivity contribution >= 4 is 22.4 Å². The fraction of sp³-hybridized carbons (Fsp3) is 0.143. The quantitative estimate of drug-likeness (QED) is 0.560. The molecule has 1 N–H and O–H groups in total. The molecule has 3 aromatic rings. The number of rotatable bonds is 5. The number of nitrogens with zero attached hydrogens (tertiary/aromatic N) is 1. The van der Waals surface area contributed by atoms with E-state index in [1.807, 2.05) is 49.4 Å². The number of ether oxygens (including phenoxy) is 2. The second-order valence-electron chi connectivity index (χ2n) is 5.77. The average molecular weight is 348 g/mol. The van der Waals surface area contributed by atoms with Gasteiger partial charge in [-0.25, -0.2) is 5.43 Å². The molecule has 0 aromatic heterocycles. The second kappa shape index (κ2) is 7.70. The molecule has 0 radical (unpaired) electrons. The Morgan fingerprint density at radius 2 is 1.58 bits per heavy atom. The second-order valence-corrected chi connectivity index (χ2v) is 5.77.